The first-order chi connectivity index (χ1) is 8.22. The minimum atomic E-state index is -0.246. The molecule has 0 radical (unpaired) electrons. The van der Waals surface area contributed by atoms with Crippen LogP contribution in [-0.2, 0) is 11.2 Å². The van der Waals surface area contributed by atoms with E-state index < -0.39 is 0 Å². The third kappa shape index (κ3) is 5.76. The minimum absolute atomic E-state index is 0.246. The van der Waals surface area contributed by atoms with Crippen molar-refractivity contribution in [2.24, 2.45) is 5.73 Å². The summed E-state index contributed by atoms with van der Waals surface area (Å²) < 4.78 is 5.09. The SMILES string of the molecule is COc1ccc(CC/C=C/CCC(N)=O)cc1. The Morgan fingerprint density at radius 1 is 1.24 bits per heavy atom. The second kappa shape index (κ2) is 7.49. The second-order valence-electron chi connectivity index (χ2n) is 3.86. The molecule has 1 rings (SSSR count). The molecule has 2 N–H and O–H groups in total. The smallest absolute Gasteiger partial charge is 0.217 e. The molecule has 0 bridgehead atoms. The quantitative estimate of drug-likeness (QED) is 0.735. The van der Waals surface area contributed by atoms with Crippen LogP contribution in [-0.4, -0.2) is 13.0 Å². The number of aryl methyl sites for hydroxylation is 1. The Balaban J connectivity index is 2.23. The molecule has 0 aliphatic carbocycles. The van der Waals surface area contributed by atoms with E-state index in [-0.39, 0.29) is 5.91 Å². The van der Waals surface area contributed by atoms with Crippen LogP contribution < -0.4 is 10.5 Å². The molecule has 0 saturated heterocycles. The van der Waals surface area contributed by atoms with Gasteiger partial charge in [-0.15, -0.1) is 0 Å². The maximum atomic E-state index is 10.5. The number of methoxy groups -OCH3 is 1. The fourth-order valence-corrected chi connectivity index (χ4v) is 1.50. The molecule has 92 valence electrons. The van der Waals surface area contributed by atoms with Gasteiger partial charge in [0.25, 0.3) is 0 Å². The molecule has 1 aromatic carbocycles. The van der Waals surface area contributed by atoms with E-state index in [1.807, 2.05) is 18.2 Å². The molecule has 3 nitrogen and oxygen atoms in total. The van der Waals surface area contributed by atoms with E-state index in [0.717, 1.165) is 25.0 Å². The predicted molar refractivity (Wildman–Crippen MR) is 68.9 cm³/mol. The number of nitrogens with two attached hydrogens (primary N) is 1. The molecule has 0 fully saturated rings. The van der Waals surface area contributed by atoms with E-state index in [9.17, 15) is 4.79 Å². The Kier molecular flexibility index (Phi) is 5.86. The number of carbonyl (C=O) groups excluding carboxylic acids is 1. The Bertz CT molecular complexity index is 368. The number of rotatable bonds is 7. The van der Waals surface area contributed by atoms with Gasteiger partial charge >= 0.3 is 0 Å². The topological polar surface area (TPSA) is 52.3 Å². The lowest BCUT2D eigenvalue weighted by Crippen LogP contribution is -2.08. The van der Waals surface area contributed by atoms with Gasteiger partial charge in [0.05, 0.1) is 7.11 Å². The lowest BCUT2D eigenvalue weighted by molar-refractivity contribution is -0.117. The number of benzene rings is 1. The van der Waals surface area contributed by atoms with Gasteiger partial charge in [-0.1, -0.05) is 24.3 Å². The Morgan fingerprint density at radius 3 is 2.47 bits per heavy atom. The van der Waals surface area contributed by atoms with Crippen LogP contribution in [0.1, 0.15) is 24.8 Å². The van der Waals surface area contributed by atoms with Crippen molar-refractivity contribution in [3.63, 3.8) is 0 Å². The van der Waals surface area contributed by atoms with Crippen molar-refractivity contribution in [3.8, 4) is 5.75 Å². The third-order valence-electron chi connectivity index (χ3n) is 2.48. The van der Waals surface area contributed by atoms with Gasteiger partial charge in [0.15, 0.2) is 0 Å². The highest BCUT2D eigenvalue weighted by Gasteiger charge is 1.93. The highest BCUT2D eigenvalue weighted by atomic mass is 16.5. The Morgan fingerprint density at radius 2 is 1.88 bits per heavy atom. The summed E-state index contributed by atoms with van der Waals surface area (Å²) >= 11 is 0. The monoisotopic (exact) mass is 233 g/mol. The summed E-state index contributed by atoms with van der Waals surface area (Å²) in [5.74, 6) is 0.635. The molecule has 0 aliphatic rings. The summed E-state index contributed by atoms with van der Waals surface area (Å²) in [6.45, 7) is 0. The molecule has 1 amide bonds. The number of hydrogen-bond donors (Lipinski definition) is 1. The average Bonchev–Trinajstić information content (AvgIpc) is 2.34. The van der Waals surface area contributed by atoms with Crippen LogP contribution in [0.15, 0.2) is 36.4 Å². The van der Waals surface area contributed by atoms with Crippen molar-refractivity contribution in [2.45, 2.75) is 25.7 Å². The molecule has 17 heavy (non-hydrogen) atoms. The molecule has 3 heteroatoms. The largest absolute Gasteiger partial charge is 0.497 e. The van der Waals surface area contributed by atoms with Gasteiger partial charge in [0.1, 0.15) is 5.75 Å². The van der Waals surface area contributed by atoms with Gasteiger partial charge in [0, 0.05) is 6.42 Å². The first-order valence-corrected chi connectivity index (χ1v) is 5.78. The van der Waals surface area contributed by atoms with Gasteiger partial charge in [-0.05, 0) is 37.0 Å². The number of primary amides is 1. The molecular weight excluding hydrogens is 214 g/mol. The van der Waals surface area contributed by atoms with Crippen LogP contribution in [0.2, 0.25) is 0 Å². The number of allylic oxidation sites excluding steroid dienone is 2. The van der Waals surface area contributed by atoms with Gasteiger partial charge < -0.3 is 10.5 Å². The number of carbonyl (C=O) groups is 1. The van der Waals surface area contributed by atoms with Gasteiger partial charge in [-0.2, -0.15) is 0 Å². The van der Waals surface area contributed by atoms with Crippen molar-refractivity contribution in [1.29, 1.82) is 0 Å². The van der Waals surface area contributed by atoms with Crippen LogP contribution in [0.4, 0.5) is 0 Å². The fraction of sp³-hybridized carbons (Fsp3) is 0.357. The van der Waals surface area contributed by atoms with Crippen LogP contribution in [0.3, 0.4) is 0 Å². The van der Waals surface area contributed by atoms with E-state index in [4.69, 9.17) is 10.5 Å². The van der Waals surface area contributed by atoms with Crippen LogP contribution in [0.25, 0.3) is 0 Å². The first kappa shape index (κ1) is 13.3. The number of hydrogen-bond acceptors (Lipinski definition) is 2. The van der Waals surface area contributed by atoms with E-state index >= 15 is 0 Å². The van der Waals surface area contributed by atoms with E-state index in [1.54, 1.807) is 7.11 Å². The summed E-state index contributed by atoms with van der Waals surface area (Å²) in [7, 11) is 1.66. The fourth-order valence-electron chi connectivity index (χ4n) is 1.50. The summed E-state index contributed by atoms with van der Waals surface area (Å²) in [6.07, 6.45) is 7.24. The highest BCUT2D eigenvalue weighted by Crippen LogP contribution is 2.12. The van der Waals surface area contributed by atoms with Crippen LogP contribution in [0, 0.1) is 0 Å². The van der Waals surface area contributed by atoms with E-state index in [2.05, 4.69) is 18.2 Å². The zero-order chi connectivity index (χ0) is 12.5. The molecule has 0 aliphatic heterocycles. The zero-order valence-corrected chi connectivity index (χ0v) is 10.2. The van der Waals surface area contributed by atoms with E-state index in [0.29, 0.717) is 6.42 Å². The van der Waals surface area contributed by atoms with Crippen LogP contribution in [0.5, 0.6) is 5.75 Å². The summed E-state index contributed by atoms with van der Waals surface area (Å²) in [5.41, 5.74) is 6.32. The summed E-state index contributed by atoms with van der Waals surface area (Å²) in [4.78, 5) is 10.5. The number of amides is 1. The lowest BCUT2D eigenvalue weighted by atomic mass is 10.1. The maximum absolute atomic E-state index is 10.5. The maximum Gasteiger partial charge on any atom is 0.217 e. The molecule has 0 spiro atoms. The Labute approximate surface area is 102 Å². The predicted octanol–water partition coefficient (Wildman–Crippen LogP) is 2.45. The molecule has 0 unspecified atom stereocenters. The van der Waals surface area contributed by atoms with Crippen molar-refractivity contribution in [2.75, 3.05) is 7.11 Å². The normalized spacial score (nSPS) is 10.6. The Hall–Kier alpha value is -1.77. The zero-order valence-electron chi connectivity index (χ0n) is 10.2. The van der Waals surface area contributed by atoms with Crippen molar-refractivity contribution >= 4 is 5.91 Å². The van der Waals surface area contributed by atoms with E-state index in [1.165, 1.54) is 5.56 Å². The van der Waals surface area contributed by atoms with Crippen molar-refractivity contribution < 1.29 is 9.53 Å². The summed E-state index contributed by atoms with van der Waals surface area (Å²) in [5, 5.41) is 0. The second-order valence-corrected chi connectivity index (χ2v) is 3.86. The first-order valence-electron chi connectivity index (χ1n) is 5.78. The minimum Gasteiger partial charge on any atom is -0.497 e. The molecule has 0 aromatic heterocycles. The van der Waals surface area contributed by atoms with Gasteiger partial charge in [0.2, 0.25) is 5.91 Å². The van der Waals surface area contributed by atoms with Gasteiger partial charge in [-0.3, -0.25) is 4.79 Å². The average molecular weight is 233 g/mol. The molecule has 0 atom stereocenters. The molecule has 1 aromatic rings. The third-order valence-corrected chi connectivity index (χ3v) is 2.48. The van der Waals surface area contributed by atoms with Crippen LogP contribution >= 0.6 is 0 Å². The molecule has 0 heterocycles. The highest BCUT2D eigenvalue weighted by molar-refractivity contribution is 5.73. The molecule has 0 saturated carbocycles. The lowest BCUT2D eigenvalue weighted by Gasteiger charge is -2.01. The molecular formula is C14H19NO2. The van der Waals surface area contributed by atoms with Gasteiger partial charge in [-0.25, -0.2) is 0 Å². The van der Waals surface area contributed by atoms with Crippen molar-refractivity contribution in [1.82, 2.24) is 0 Å². The number of ether oxygens (including phenoxy) is 1. The van der Waals surface area contributed by atoms with Crippen molar-refractivity contribution in [3.05, 3.63) is 42.0 Å². The summed E-state index contributed by atoms with van der Waals surface area (Å²) in [6, 6.07) is 8.06. The standard InChI is InChI=1S/C14H19NO2/c1-17-13-10-8-12(9-11-13)6-4-2-3-5-7-14(15)16/h2-3,8-11H,4-7H2,1H3,(H2,15,16)/b3-2+.